The summed E-state index contributed by atoms with van der Waals surface area (Å²) in [5.41, 5.74) is 0. The van der Waals surface area contributed by atoms with Crippen LogP contribution in [-0.2, 0) is 10.0 Å². The topological polar surface area (TPSA) is 69.6 Å². The van der Waals surface area contributed by atoms with Crippen LogP contribution in [0.3, 0.4) is 0 Å². The minimum Gasteiger partial charge on any atom is -0.392 e. The van der Waals surface area contributed by atoms with Crippen molar-refractivity contribution in [3.63, 3.8) is 0 Å². The van der Waals surface area contributed by atoms with Gasteiger partial charge < -0.3 is 5.11 Å². The fourth-order valence-corrected chi connectivity index (χ4v) is 5.25. The second kappa shape index (κ2) is 7.40. The van der Waals surface area contributed by atoms with Crippen LogP contribution in [0, 0.1) is 5.92 Å². The Kier molecular flexibility index (Phi) is 6.05. The van der Waals surface area contributed by atoms with Gasteiger partial charge in [0.2, 0.25) is 10.0 Å². The Morgan fingerprint density at radius 2 is 1.86 bits per heavy atom. The molecule has 2 N–H and O–H groups in total. The Morgan fingerprint density at radius 1 is 1.19 bits per heavy atom. The minimum absolute atomic E-state index is 0.0584. The fraction of sp³-hybridized carbons (Fsp3) is 1.00. The average Bonchev–Trinajstić information content (AvgIpc) is 2.87. The number of β-amino-alcohol motifs (C(OH)–C–C–N with tert-alkyl or cyclic N) is 1. The van der Waals surface area contributed by atoms with Gasteiger partial charge in [-0.2, -0.15) is 0 Å². The van der Waals surface area contributed by atoms with Gasteiger partial charge in [-0.25, -0.2) is 13.1 Å². The summed E-state index contributed by atoms with van der Waals surface area (Å²) < 4.78 is 27.0. The molecule has 1 saturated heterocycles. The lowest BCUT2D eigenvalue weighted by Gasteiger charge is -2.29. The van der Waals surface area contributed by atoms with Crippen LogP contribution in [0.2, 0.25) is 0 Å². The van der Waals surface area contributed by atoms with Crippen LogP contribution in [0.25, 0.3) is 0 Å². The molecule has 0 aromatic carbocycles. The third-order valence-electron chi connectivity index (χ3n) is 4.71. The van der Waals surface area contributed by atoms with Gasteiger partial charge in [0.1, 0.15) is 0 Å². The molecule has 6 heteroatoms. The molecular weight excluding hydrogens is 288 g/mol. The number of nitrogens with zero attached hydrogens (tertiary/aromatic N) is 1. The SMILES string of the molecule is CC(C)NS(=O)(=O)C1CCN(CC(O)C2CCCCC2)C1. The molecular formula is C15H30N2O3S. The lowest BCUT2D eigenvalue weighted by Crippen LogP contribution is -2.41. The largest absolute Gasteiger partial charge is 0.392 e. The van der Waals surface area contributed by atoms with Gasteiger partial charge in [-0.1, -0.05) is 19.3 Å². The molecule has 2 unspecified atom stereocenters. The molecule has 1 heterocycles. The fourth-order valence-electron chi connectivity index (χ4n) is 3.57. The Bertz CT molecular complexity index is 419. The molecule has 0 spiro atoms. The summed E-state index contributed by atoms with van der Waals surface area (Å²) in [5.74, 6) is 0.406. The summed E-state index contributed by atoms with van der Waals surface area (Å²) in [5, 5.41) is 10.0. The molecule has 0 aromatic heterocycles. The van der Waals surface area contributed by atoms with Crippen LogP contribution in [0.1, 0.15) is 52.4 Å². The zero-order valence-electron chi connectivity index (χ0n) is 13.3. The van der Waals surface area contributed by atoms with Crippen molar-refractivity contribution in [3.8, 4) is 0 Å². The summed E-state index contributed by atoms with van der Waals surface area (Å²) in [6.45, 7) is 5.63. The number of hydrogen-bond donors (Lipinski definition) is 2. The predicted molar refractivity (Wildman–Crippen MR) is 84.6 cm³/mol. The van der Waals surface area contributed by atoms with E-state index >= 15 is 0 Å². The zero-order valence-corrected chi connectivity index (χ0v) is 14.1. The van der Waals surface area contributed by atoms with Gasteiger partial charge in [0.25, 0.3) is 0 Å². The van der Waals surface area contributed by atoms with E-state index in [9.17, 15) is 13.5 Å². The molecule has 0 bridgehead atoms. The van der Waals surface area contributed by atoms with E-state index in [1.54, 1.807) is 0 Å². The average molecular weight is 318 g/mol. The Balaban J connectivity index is 1.82. The van der Waals surface area contributed by atoms with Crippen molar-refractivity contribution in [1.29, 1.82) is 0 Å². The Hall–Kier alpha value is -0.170. The highest BCUT2D eigenvalue weighted by Crippen LogP contribution is 2.27. The van der Waals surface area contributed by atoms with Crippen LogP contribution < -0.4 is 4.72 Å². The van der Waals surface area contributed by atoms with Crippen molar-refractivity contribution < 1.29 is 13.5 Å². The van der Waals surface area contributed by atoms with Crippen LogP contribution in [0.15, 0.2) is 0 Å². The van der Waals surface area contributed by atoms with Gasteiger partial charge >= 0.3 is 0 Å². The summed E-state index contributed by atoms with van der Waals surface area (Å²) >= 11 is 0. The second-order valence-electron chi connectivity index (χ2n) is 6.95. The van der Waals surface area contributed by atoms with E-state index in [0.29, 0.717) is 25.4 Å². The molecule has 1 aliphatic carbocycles. The van der Waals surface area contributed by atoms with E-state index in [-0.39, 0.29) is 17.4 Å². The molecule has 2 aliphatic rings. The van der Waals surface area contributed by atoms with E-state index < -0.39 is 10.0 Å². The van der Waals surface area contributed by atoms with Crippen LogP contribution in [0.5, 0.6) is 0 Å². The van der Waals surface area contributed by atoms with Crippen LogP contribution >= 0.6 is 0 Å². The first-order valence-corrected chi connectivity index (χ1v) is 9.84. The van der Waals surface area contributed by atoms with E-state index in [0.717, 1.165) is 19.4 Å². The van der Waals surface area contributed by atoms with E-state index in [1.807, 2.05) is 13.8 Å². The number of rotatable bonds is 6. The normalized spacial score (nSPS) is 27.3. The molecule has 2 atom stereocenters. The molecule has 2 rings (SSSR count). The summed E-state index contributed by atoms with van der Waals surface area (Å²) in [6, 6.07) is -0.0584. The highest BCUT2D eigenvalue weighted by molar-refractivity contribution is 7.90. The number of nitrogens with one attached hydrogen (secondary N) is 1. The molecule has 0 aromatic rings. The molecule has 5 nitrogen and oxygen atoms in total. The van der Waals surface area contributed by atoms with E-state index in [2.05, 4.69) is 9.62 Å². The summed E-state index contributed by atoms with van der Waals surface area (Å²) in [4.78, 5) is 2.11. The van der Waals surface area contributed by atoms with Crippen LogP contribution in [0.4, 0.5) is 0 Å². The number of aliphatic hydroxyl groups excluding tert-OH is 1. The van der Waals surface area contributed by atoms with E-state index in [4.69, 9.17) is 0 Å². The smallest absolute Gasteiger partial charge is 0.216 e. The van der Waals surface area contributed by atoms with Gasteiger partial charge in [-0.15, -0.1) is 0 Å². The second-order valence-corrected chi connectivity index (χ2v) is 8.95. The maximum absolute atomic E-state index is 12.2. The first-order chi connectivity index (χ1) is 9.88. The number of likely N-dealkylation sites (tertiary alicyclic amines) is 1. The number of sulfonamides is 1. The maximum atomic E-state index is 12.2. The van der Waals surface area contributed by atoms with Gasteiger partial charge in [0.15, 0.2) is 0 Å². The monoisotopic (exact) mass is 318 g/mol. The molecule has 124 valence electrons. The standard InChI is InChI=1S/C15H30N2O3S/c1-12(2)16-21(19,20)14-8-9-17(10-14)11-15(18)13-6-4-3-5-7-13/h12-16,18H,3-11H2,1-2H3. The lowest BCUT2D eigenvalue weighted by atomic mass is 9.85. The predicted octanol–water partition coefficient (Wildman–Crippen LogP) is 1.33. The van der Waals surface area contributed by atoms with Crippen molar-refractivity contribution in [2.24, 2.45) is 5.92 Å². The Morgan fingerprint density at radius 3 is 2.48 bits per heavy atom. The van der Waals surface area contributed by atoms with Crippen molar-refractivity contribution in [1.82, 2.24) is 9.62 Å². The molecule has 0 radical (unpaired) electrons. The van der Waals surface area contributed by atoms with Crippen LogP contribution in [-0.4, -0.2) is 55.5 Å². The number of hydrogen-bond acceptors (Lipinski definition) is 4. The third-order valence-corrected chi connectivity index (χ3v) is 6.77. The number of aliphatic hydroxyl groups is 1. The summed E-state index contributed by atoms with van der Waals surface area (Å²) in [7, 11) is -3.23. The van der Waals surface area contributed by atoms with Crippen molar-refractivity contribution in [2.75, 3.05) is 19.6 Å². The molecule has 21 heavy (non-hydrogen) atoms. The molecule has 1 aliphatic heterocycles. The first-order valence-electron chi connectivity index (χ1n) is 8.30. The maximum Gasteiger partial charge on any atom is 0.216 e. The summed E-state index contributed by atoms with van der Waals surface area (Å²) in [6.07, 6.45) is 6.32. The van der Waals surface area contributed by atoms with Gasteiger partial charge in [-0.05, 0) is 45.6 Å². The quantitative estimate of drug-likeness (QED) is 0.775. The van der Waals surface area contributed by atoms with E-state index in [1.165, 1.54) is 19.3 Å². The van der Waals surface area contributed by atoms with Crippen molar-refractivity contribution in [2.45, 2.75) is 69.8 Å². The Labute approximate surface area is 129 Å². The van der Waals surface area contributed by atoms with Crippen molar-refractivity contribution >= 4 is 10.0 Å². The van der Waals surface area contributed by atoms with Crippen molar-refractivity contribution in [3.05, 3.63) is 0 Å². The lowest BCUT2D eigenvalue weighted by molar-refractivity contribution is 0.0545. The minimum atomic E-state index is -3.23. The molecule has 2 fully saturated rings. The highest BCUT2D eigenvalue weighted by atomic mass is 32.2. The molecule has 0 amide bonds. The van der Waals surface area contributed by atoms with Gasteiger partial charge in [0.05, 0.1) is 11.4 Å². The zero-order chi connectivity index (χ0) is 15.5. The third kappa shape index (κ3) is 4.91. The van der Waals surface area contributed by atoms with Gasteiger partial charge in [-0.3, -0.25) is 4.90 Å². The highest BCUT2D eigenvalue weighted by Gasteiger charge is 2.35. The first kappa shape index (κ1) is 17.2. The molecule has 1 saturated carbocycles. The van der Waals surface area contributed by atoms with Gasteiger partial charge in [0, 0.05) is 19.1 Å².